The molecule has 0 aromatic heterocycles. The molecule has 0 atom stereocenters. The normalized spacial score (nSPS) is 16.3. The van der Waals surface area contributed by atoms with Gasteiger partial charge in [-0.1, -0.05) is 19.9 Å². The fourth-order valence-electron chi connectivity index (χ4n) is 2.42. The molecule has 4 nitrogen and oxygen atoms in total. The van der Waals surface area contributed by atoms with E-state index in [0.717, 1.165) is 5.56 Å². The molecule has 1 aromatic carbocycles. The SMILES string of the molecule is CC(C)C(=O)NCc1ccc(N2CCC(O)CC2)c(F)c1. The molecular weight excluding hydrogens is 271 g/mol. The van der Waals surface area contributed by atoms with Crippen LogP contribution in [0.15, 0.2) is 18.2 Å². The van der Waals surface area contributed by atoms with Crippen molar-refractivity contribution in [2.45, 2.75) is 39.3 Å². The minimum atomic E-state index is -0.275. The van der Waals surface area contributed by atoms with Crippen LogP contribution in [0.4, 0.5) is 10.1 Å². The highest BCUT2D eigenvalue weighted by atomic mass is 19.1. The zero-order chi connectivity index (χ0) is 15.4. The van der Waals surface area contributed by atoms with E-state index >= 15 is 0 Å². The molecule has 1 aliphatic rings. The molecule has 0 aliphatic carbocycles. The zero-order valence-electron chi connectivity index (χ0n) is 12.6. The van der Waals surface area contributed by atoms with E-state index in [1.54, 1.807) is 6.07 Å². The second-order valence-corrected chi connectivity index (χ2v) is 5.88. The van der Waals surface area contributed by atoms with Crippen LogP contribution in [-0.4, -0.2) is 30.2 Å². The van der Waals surface area contributed by atoms with Crippen LogP contribution < -0.4 is 10.2 Å². The Bertz CT molecular complexity index is 497. The van der Waals surface area contributed by atoms with Gasteiger partial charge in [0, 0.05) is 25.6 Å². The van der Waals surface area contributed by atoms with Gasteiger partial charge in [-0.2, -0.15) is 0 Å². The molecule has 0 saturated carbocycles. The lowest BCUT2D eigenvalue weighted by atomic mass is 10.1. The smallest absolute Gasteiger partial charge is 0.222 e. The Morgan fingerprint density at radius 1 is 1.43 bits per heavy atom. The molecule has 2 N–H and O–H groups in total. The summed E-state index contributed by atoms with van der Waals surface area (Å²) < 4.78 is 14.2. The Hall–Kier alpha value is -1.62. The van der Waals surface area contributed by atoms with Crippen LogP contribution in [0.5, 0.6) is 0 Å². The Morgan fingerprint density at radius 2 is 2.10 bits per heavy atom. The van der Waals surface area contributed by atoms with Crippen LogP contribution in [0.25, 0.3) is 0 Å². The number of aliphatic hydroxyl groups excluding tert-OH is 1. The van der Waals surface area contributed by atoms with Crippen molar-refractivity contribution in [1.29, 1.82) is 0 Å². The topological polar surface area (TPSA) is 52.6 Å². The molecular formula is C16H23FN2O2. The van der Waals surface area contributed by atoms with E-state index in [1.165, 1.54) is 6.07 Å². The number of anilines is 1. The number of hydrogen-bond donors (Lipinski definition) is 2. The molecule has 5 heteroatoms. The molecule has 1 aliphatic heterocycles. The first kappa shape index (κ1) is 15.8. The molecule has 0 bridgehead atoms. The van der Waals surface area contributed by atoms with Crippen molar-refractivity contribution in [3.63, 3.8) is 0 Å². The number of carbonyl (C=O) groups is 1. The van der Waals surface area contributed by atoms with E-state index in [2.05, 4.69) is 5.32 Å². The molecule has 0 spiro atoms. The largest absolute Gasteiger partial charge is 0.393 e. The summed E-state index contributed by atoms with van der Waals surface area (Å²) in [5.74, 6) is -0.388. The highest BCUT2D eigenvalue weighted by molar-refractivity contribution is 5.77. The van der Waals surface area contributed by atoms with Gasteiger partial charge < -0.3 is 15.3 Å². The van der Waals surface area contributed by atoms with Crippen LogP contribution in [0.1, 0.15) is 32.3 Å². The van der Waals surface area contributed by atoms with E-state index in [1.807, 2.05) is 24.8 Å². The highest BCUT2D eigenvalue weighted by Crippen LogP contribution is 2.24. The first-order chi connectivity index (χ1) is 9.97. The number of piperidine rings is 1. The van der Waals surface area contributed by atoms with Gasteiger partial charge in [-0.25, -0.2) is 4.39 Å². The summed E-state index contributed by atoms with van der Waals surface area (Å²) in [7, 11) is 0. The lowest BCUT2D eigenvalue weighted by Gasteiger charge is -2.31. The molecule has 0 radical (unpaired) electrons. The van der Waals surface area contributed by atoms with E-state index in [0.29, 0.717) is 38.2 Å². The number of nitrogens with one attached hydrogen (secondary N) is 1. The van der Waals surface area contributed by atoms with Crippen LogP contribution >= 0.6 is 0 Å². The fraction of sp³-hybridized carbons (Fsp3) is 0.562. The van der Waals surface area contributed by atoms with E-state index < -0.39 is 0 Å². The molecule has 1 fully saturated rings. The number of nitrogens with zero attached hydrogens (tertiary/aromatic N) is 1. The van der Waals surface area contributed by atoms with E-state index in [4.69, 9.17) is 0 Å². The average Bonchev–Trinajstić information content (AvgIpc) is 2.46. The van der Waals surface area contributed by atoms with Crippen LogP contribution in [-0.2, 0) is 11.3 Å². The van der Waals surface area contributed by atoms with Crippen molar-refractivity contribution in [3.05, 3.63) is 29.6 Å². The summed E-state index contributed by atoms with van der Waals surface area (Å²) >= 11 is 0. The Kier molecular flexibility index (Phi) is 5.17. The first-order valence-electron chi connectivity index (χ1n) is 7.46. The number of halogens is 1. The maximum absolute atomic E-state index is 14.2. The summed E-state index contributed by atoms with van der Waals surface area (Å²) in [5, 5.41) is 12.3. The number of aliphatic hydroxyl groups is 1. The van der Waals surface area contributed by atoms with Crippen LogP contribution in [0.2, 0.25) is 0 Å². The molecule has 0 unspecified atom stereocenters. The predicted octanol–water partition coefficient (Wildman–Crippen LogP) is 2.06. The Balaban J connectivity index is 1.99. The second-order valence-electron chi connectivity index (χ2n) is 5.88. The quantitative estimate of drug-likeness (QED) is 0.893. The second kappa shape index (κ2) is 6.89. The standard InChI is InChI=1S/C16H23FN2O2/c1-11(2)16(21)18-10-12-3-4-15(14(17)9-12)19-7-5-13(20)6-8-19/h3-4,9,11,13,20H,5-8,10H2,1-2H3,(H,18,21). The third-order valence-corrected chi connectivity index (χ3v) is 3.81. The van der Waals surface area contributed by atoms with E-state index in [9.17, 15) is 14.3 Å². The van der Waals surface area contributed by atoms with Gasteiger partial charge in [-0.3, -0.25) is 4.79 Å². The van der Waals surface area contributed by atoms with Crippen LogP contribution in [0.3, 0.4) is 0 Å². The molecule has 1 amide bonds. The monoisotopic (exact) mass is 294 g/mol. The van der Waals surface area contributed by atoms with Gasteiger partial charge in [0.1, 0.15) is 5.82 Å². The summed E-state index contributed by atoms with van der Waals surface area (Å²) in [4.78, 5) is 13.5. The highest BCUT2D eigenvalue weighted by Gasteiger charge is 2.19. The Labute approximate surface area is 125 Å². The van der Waals surface area contributed by atoms with Crippen molar-refractivity contribution in [2.24, 2.45) is 5.92 Å². The number of carbonyl (C=O) groups excluding carboxylic acids is 1. The third kappa shape index (κ3) is 4.17. The third-order valence-electron chi connectivity index (χ3n) is 3.81. The van der Waals surface area contributed by atoms with Gasteiger partial charge >= 0.3 is 0 Å². The predicted molar refractivity (Wildman–Crippen MR) is 80.5 cm³/mol. The van der Waals surface area contributed by atoms with Gasteiger partial charge in [0.25, 0.3) is 0 Å². The van der Waals surface area contributed by atoms with Gasteiger partial charge in [0.15, 0.2) is 0 Å². The van der Waals surface area contributed by atoms with Crippen LogP contribution in [0, 0.1) is 11.7 Å². The molecule has 1 heterocycles. The first-order valence-corrected chi connectivity index (χ1v) is 7.46. The zero-order valence-corrected chi connectivity index (χ0v) is 12.6. The molecule has 21 heavy (non-hydrogen) atoms. The molecule has 2 rings (SSSR count). The minimum absolute atomic E-state index is 0.0375. The maximum Gasteiger partial charge on any atom is 0.222 e. The summed E-state index contributed by atoms with van der Waals surface area (Å²) in [6, 6.07) is 5.06. The molecule has 1 saturated heterocycles. The van der Waals surface area contributed by atoms with Gasteiger partial charge in [0.2, 0.25) is 5.91 Å². The van der Waals surface area contributed by atoms with Gasteiger partial charge in [-0.15, -0.1) is 0 Å². The van der Waals surface area contributed by atoms with E-state index in [-0.39, 0.29) is 23.7 Å². The minimum Gasteiger partial charge on any atom is -0.393 e. The van der Waals surface area contributed by atoms with Crippen molar-refractivity contribution >= 4 is 11.6 Å². The Morgan fingerprint density at radius 3 is 2.67 bits per heavy atom. The van der Waals surface area contributed by atoms with Crippen molar-refractivity contribution in [1.82, 2.24) is 5.32 Å². The molecule has 116 valence electrons. The summed E-state index contributed by atoms with van der Waals surface area (Å²) in [6.45, 7) is 5.32. The average molecular weight is 294 g/mol. The lowest BCUT2D eigenvalue weighted by Crippen LogP contribution is -2.36. The van der Waals surface area contributed by atoms with Gasteiger partial charge in [-0.05, 0) is 30.5 Å². The lowest BCUT2D eigenvalue weighted by molar-refractivity contribution is -0.124. The number of hydrogen-bond acceptors (Lipinski definition) is 3. The fourth-order valence-corrected chi connectivity index (χ4v) is 2.42. The summed E-state index contributed by atoms with van der Waals surface area (Å²) in [5.41, 5.74) is 1.32. The van der Waals surface area contributed by atoms with Crippen molar-refractivity contribution < 1.29 is 14.3 Å². The maximum atomic E-state index is 14.2. The number of amides is 1. The number of rotatable bonds is 4. The molecule has 1 aromatic rings. The number of benzene rings is 1. The summed E-state index contributed by atoms with van der Waals surface area (Å²) in [6.07, 6.45) is 1.08. The van der Waals surface area contributed by atoms with Gasteiger partial charge in [0.05, 0.1) is 11.8 Å². The van der Waals surface area contributed by atoms with Crippen molar-refractivity contribution in [2.75, 3.05) is 18.0 Å². The van der Waals surface area contributed by atoms with Crippen molar-refractivity contribution in [3.8, 4) is 0 Å².